The number of nitrogens with zero attached hydrogens (tertiary/aromatic N) is 2. The van der Waals surface area contributed by atoms with Crippen LogP contribution in [-0.4, -0.2) is 73.5 Å². The van der Waals surface area contributed by atoms with Gasteiger partial charge in [0.15, 0.2) is 5.78 Å². The molecule has 8 heteroatoms. The van der Waals surface area contributed by atoms with Crippen molar-refractivity contribution in [2.24, 2.45) is 5.92 Å². The summed E-state index contributed by atoms with van der Waals surface area (Å²) in [4.78, 5) is 26.2. The highest BCUT2D eigenvalue weighted by atomic mass is 32.2. The van der Waals surface area contributed by atoms with Crippen molar-refractivity contribution in [3.8, 4) is 0 Å². The molecule has 0 bridgehead atoms. The Bertz CT molecular complexity index is 818. The highest BCUT2D eigenvalue weighted by molar-refractivity contribution is 7.89. The first-order valence-electron chi connectivity index (χ1n) is 8.23. The van der Waals surface area contributed by atoms with Crippen molar-refractivity contribution in [3.63, 3.8) is 0 Å². The summed E-state index contributed by atoms with van der Waals surface area (Å²) in [5.74, 6) is -0.928. The average Bonchev–Trinajstić information content (AvgIpc) is 3.10. The Morgan fingerprint density at radius 3 is 2.68 bits per heavy atom. The van der Waals surface area contributed by atoms with Crippen molar-refractivity contribution in [2.45, 2.75) is 18.9 Å². The molecular formula is C17H22N2O5S. The maximum atomic E-state index is 12.8. The number of fused-ring (bicyclic) bond motifs is 1. The van der Waals surface area contributed by atoms with Gasteiger partial charge in [-0.25, -0.2) is 12.7 Å². The van der Waals surface area contributed by atoms with E-state index in [0.29, 0.717) is 24.0 Å². The van der Waals surface area contributed by atoms with Crippen molar-refractivity contribution in [1.29, 1.82) is 0 Å². The number of carbonyl (C=O) groups excluding carboxylic acids is 2. The Morgan fingerprint density at radius 2 is 2.00 bits per heavy atom. The number of sulfonamides is 1. The molecule has 136 valence electrons. The highest BCUT2D eigenvalue weighted by Gasteiger charge is 2.38. The van der Waals surface area contributed by atoms with Gasteiger partial charge in [0, 0.05) is 50.7 Å². The Kier molecular flexibility index (Phi) is 4.70. The number of carbonyl (C=O) groups is 2. The molecule has 0 aromatic heterocycles. The molecule has 1 fully saturated rings. The van der Waals surface area contributed by atoms with E-state index in [4.69, 9.17) is 0 Å². The third-order valence-electron chi connectivity index (χ3n) is 4.98. The number of amides is 1. The van der Waals surface area contributed by atoms with Crippen LogP contribution in [0.2, 0.25) is 0 Å². The van der Waals surface area contributed by atoms with Gasteiger partial charge in [-0.2, -0.15) is 0 Å². The summed E-state index contributed by atoms with van der Waals surface area (Å²) in [6, 6.07) is 5.11. The third kappa shape index (κ3) is 3.33. The first kappa shape index (κ1) is 18.0. The van der Waals surface area contributed by atoms with E-state index in [1.807, 2.05) is 0 Å². The molecule has 1 saturated heterocycles. The predicted octanol–water partition coefficient (Wildman–Crippen LogP) is 0.140. The van der Waals surface area contributed by atoms with Gasteiger partial charge in [0.1, 0.15) is 0 Å². The zero-order chi connectivity index (χ0) is 18.4. The van der Waals surface area contributed by atoms with E-state index >= 15 is 0 Å². The first-order valence-corrected chi connectivity index (χ1v) is 9.84. The van der Waals surface area contributed by atoms with Crippen LogP contribution in [0.25, 0.3) is 0 Å². The molecule has 0 unspecified atom stereocenters. The molecule has 1 aromatic rings. The SMILES string of the molecule is CN(C)S(=O)(=O)C[C@@H]1CN(C(=O)c2cccc3c2CCC3=O)C[C@H]1O. The highest BCUT2D eigenvalue weighted by Crippen LogP contribution is 2.28. The van der Waals surface area contributed by atoms with Crippen LogP contribution in [0.15, 0.2) is 18.2 Å². The van der Waals surface area contributed by atoms with Gasteiger partial charge in [-0.15, -0.1) is 0 Å². The van der Waals surface area contributed by atoms with E-state index in [1.165, 1.54) is 19.0 Å². The fourth-order valence-electron chi connectivity index (χ4n) is 3.46. The Morgan fingerprint density at radius 1 is 1.28 bits per heavy atom. The third-order valence-corrected chi connectivity index (χ3v) is 6.95. The average molecular weight is 366 g/mol. The van der Waals surface area contributed by atoms with Crippen LogP contribution >= 0.6 is 0 Å². The topological polar surface area (TPSA) is 95.0 Å². The minimum Gasteiger partial charge on any atom is -0.391 e. The van der Waals surface area contributed by atoms with E-state index in [0.717, 1.165) is 9.87 Å². The van der Waals surface area contributed by atoms with Crippen LogP contribution in [0.1, 0.15) is 32.7 Å². The predicted molar refractivity (Wildman–Crippen MR) is 92.0 cm³/mol. The largest absolute Gasteiger partial charge is 0.391 e. The number of hydrogen-bond donors (Lipinski definition) is 1. The van der Waals surface area contributed by atoms with Crippen molar-refractivity contribution in [1.82, 2.24) is 9.21 Å². The van der Waals surface area contributed by atoms with Crippen molar-refractivity contribution in [2.75, 3.05) is 32.9 Å². The fourth-order valence-corrected chi connectivity index (χ4v) is 4.63. The van der Waals surface area contributed by atoms with Crippen LogP contribution in [-0.2, 0) is 16.4 Å². The molecule has 1 aliphatic carbocycles. The molecule has 1 heterocycles. The number of likely N-dealkylation sites (tertiary alicyclic amines) is 1. The number of Topliss-reactive ketones (excluding diaryl/α,β-unsaturated/α-hetero) is 1. The molecule has 0 saturated carbocycles. The minimum atomic E-state index is -3.45. The number of aliphatic hydroxyl groups excluding tert-OH is 1. The van der Waals surface area contributed by atoms with E-state index in [2.05, 4.69) is 0 Å². The molecule has 0 radical (unpaired) electrons. The molecule has 1 N–H and O–H groups in total. The lowest BCUT2D eigenvalue weighted by Crippen LogP contribution is -2.33. The van der Waals surface area contributed by atoms with Crippen molar-refractivity contribution < 1.29 is 23.1 Å². The second kappa shape index (κ2) is 6.51. The zero-order valence-corrected chi connectivity index (χ0v) is 15.1. The summed E-state index contributed by atoms with van der Waals surface area (Å²) in [5, 5.41) is 10.2. The second-order valence-corrected chi connectivity index (χ2v) is 9.08. The van der Waals surface area contributed by atoms with Crippen LogP contribution in [0.4, 0.5) is 0 Å². The van der Waals surface area contributed by atoms with Gasteiger partial charge in [0.25, 0.3) is 5.91 Å². The molecular weight excluding hydrogens is 344 g/mol. The number of hydrogen-bond acceptors (Lipinski definition) is 5. The summed E-state index contributed by atoms with van der Waals surface area (Å²) in [6.07, 6.45) is 0.0775. The van der Waals surface area contributed by atoms with Gasteiger partial charge in [-0.05, 0) is 18.1 Å². The molecule has 1 aliphatic heterocycles. The molecule has 25 heavy (non-hydrogen) atoms. The zero-order valence-electron chi connectivity index (χ0n) is 14.3. The molecule has 2 aliphatic rings. The smallest absolute Gasteiger partial charge is 0.254 e. The summed E-state index contributed by atoms with van der Waals surface area (Å²) in [5.41, 5.74) is 1.83. The van der Waals surface area contributed by atoms with E-state index < -0.39 is 22.0 Å². The van der Waals surface area contributed by atoms with Crippen LogP contribution in [0.5, 0.6) is 0 Å². The number of aliphatic hydroxyl groups is 1. The van der Waals surface area contributed by atoms with Crippen LogP contribution in [0, 0.1) is 5.92 Å². The lowest BCUT2D eigenvalue weighted by molar-refractivity contribution is 0.0763. The fraction of sp³-hybridized carbons (Fsp3) is 0.529. The van der Waals surface area contributed by atoms with Gasteiger partial charge < -0.3 is 10.0 Å². The van der Waals surface area contributed by atoms with E-state index in [-0.39, 0.29) is 30.5 Å². The minimum absolute atomic E-state index is 0.0426. The molecule has 0 spiro atoms. The molecule has 3 rings (SSSR count). The summed E-state index contributed by atoms with van der Waals surface area (Å²) < 4.78 is 25.2. The van der Waals surface area contributed by atoms with Crippen LogP contribution in [0.3, 0.4) is 0 Å². The van der Waals surface area contributed by atoms with Crippen molar-refractivity contribution >= 4 is 21.7 Å². The van der Waals surface area contributed by atoms with Gasteiger partial charge >= 0.3 is 0 Å². The monoisotopic (exact) mass is 366 g/mol. The molecule has 2 atom stereocenters. The molecule has 1 amide bonds. The second-order valence-electron chi connectivity index (χ2n) is 6.85. The Hall–Kier alpha value is -1.77. The van der Waals surface area contributed by atoms with E-state index in [9.17, 15) is 23.1 Å². The number of ketones is 1. The van der Waals surface area contributed by atoms with Gasteiger partial charge in [-0.1, -0.05) is 12.1 Å². The number of β-amino-alcohol motifs (C(OH)–C–C–N with tert-alkyl or cyclic N) is 1. The number of rotatable bonds is 4. The summed E-state index contributed by atoms with van der Waals surface area (Å²) >= 11 is 0. The maximum absolute atomic E-state index is 12.8. The van der Waals surface area contributed by atoms with Gasteiger partial charge in [0.05, 0.1) is 11.9 Å². The summed E-state index contributed by atoms with van der Waals surface area (Å²) in [6.45, 7) is 0.286. The number of benzene rings is 1. The quantitative estimate of drug-likeness (QED) is 0.818. The standard InChI is InChI=1S/C17H22N2O5S/c1-18(2)25(23,24)10-11-8-19(9-16(11)21)17(22)14-5-3-4-13-12(14)6-7-15(13)20/h3-5,11,16,21H,6-10H2,1-2H3/t11-,16+/m0/s1. The van der Waals surface area contributed by atoms with Crippen LogP contribution < -0.4 is 0 Å². The van der Waals surface area contributed by atoms with E-state index in [1.54, 1.807) is 18.2 Å². The van der Waals surface area contributed by atoms with Gasteiger partial charge in [0.2, 0.25) is 10.0 Å². The lowest BCUT2D eigenvalue weighted by Gasteiger charge is -2.19. The first-order chi connectivity index (χ1) is 11.7. The Labute approximate surface area is 147 Å². The summed E-state index contributed by atoms with van der Waals surface area (Å²) in [7, 11) is -0.558. The maximum Gasteiger partial charge on any atom is 0.254 e. The Balaban J connectivity index is 1.78. The van der Waals surface area contributed by atoms with Gasteiger partial charge in [-0.3, -0.25) is 9.59 Å². The van der Waals surface area contributed by atoms with Crippen molar-refractivity contribution in [3.05, 3.63) is 34.9 Å². The molecule has 1 aromatic carbocycles. The lowest BCUT2D eigenvalue weighted by atomic mass is 10.0. The molecule has 7 nitrogen and oxygen atoms in total. The normalized spacial score (nSPS) is 23.4.